The van der Waals surface area contributed by atoms with Crippen molar-refractivity contribution < 1.29 is 28.7 Å². The van der Waals surface area contributed by atoms with E-state index < -0.39 is 34.5 Å². The van der Waals surface area contributed by atoms with Crippen LogP contribution in [0.3, 0.4) is 0 Å². The van der Waals surface area contributed by atoms with Crippen LogP contribution in [0.5, 0.6) is 5.75 Å². The van der Waals surface area contributed by atoms with Crippen molar-refractivity contribution in [2.45, 2.75) is 38.3 Å². The van der Waals surface area contributed by atoms with Gasteiger partial charge in [-0.05, 0) is 75.8 Å². The zero-order chi connectivity index (χ0) is 22.6. The molecule has 0 bridgehead atoms. The number of likely N-dealkylation sites (tertiary alicyclic amines) is 1. The number of fused-ring (bicyclic) bond motifs is 1. The molecule has 0 unspecified atom stereocenters. The highest BCUT2D eigenvalue weighted by atomic mass is 16.6. The van der Waals surface area contributed by atoms with Gasteiger partial charge < -0.3 is 9.47 Å². The summed E-state index contributed by atoms with van der Waals surface area (Å²) in [5, 5.41) is 0. The summed E-state index contributed by atoms with van der Waals surface area (Å²) in [7, 11) is 1.54. The first kappa shape index (κ1) is 20.8. The van der Waals surface area contributed by atoms with Crippen LogP contribution >= 0.6 is 0 Å². The predicted molar refractivity (Wildman–Crippen MR) is 111 cm³/mol. The number of hydrogen-bond acceptors (Lipinski definition) is 6. The molecular formula is C23H24N2O6. The van der Waals surface area contributed by atoms with Gasteiger partial charge in [0.1, 0.15) is 16.9 Å². The van der Waals surface area contributed by atoms with Gasteiger partial charge in [-0.1, -0.05) is 0 Å². The number of carbonyl (C=O) groups is 4. The van der Waals surface area contributed by atoms with Crippen LogP contribution in [0.4, 0.5) is 10.5 Å². The molecule has 0 radical (unpaired) electrons. The van der Waals surface area contributed by atoms with E-state index in [2.05, 4.69) is 0 Å². The number of benzene rings is 1. The Morgan fingerprint density at radius 2 is 1.61 bits per heavy atom. The molecule has 1 atom stereocenters. The van der Waals surface area contributed by atoms with Crippen molar-refractivity contribution in [1.29, 1.82) is 0 Å². The number of rotatable bonds is 2. The molecule has 3 aliphatic rings. The number of hydrogen-bond donors (Lipinski definition) is 0. The third-order valence-corrected chi connectivity index (χ3v) is 5.89. The number of imide groups is 1. The van der Waals surface area contributed by atoms with Gasteiger partial charge in [0.25, 0.3) is 5.91 Å². The van der Waals surface area contributed by atoms with Gasteiger partial charge in [-0.15, -0.1) is 0 Å². The third-order valence-electron chi connectivity index (χ3n) is 5.89. The largest absolute Gasteiger partial charge is 0.497 e. The Morgan fingerprint density at radius 1 is 1.00 bits per heavy atom. The van der Waals surface area contributed by atoms with Gasteiger partial charge in [-0.25, -0.2) is 9.69 Å². The Morgan fingerprint density at radius 3 is 2.16 bits per heavy atom. The normalized spacial score (nSPS) is 24.2. The standard InChI is InChI=1S/C23H24N2O6/c1-21(2,3)31-20(29)24-14-13-23(18(24)27)19(28)25(15-5-7-17(30-4)8-6-15)22(23)11-9-16(26)10-12-22/h5-12H,13-14H2,1-4H3/t23-/m0/s1. The van der Waals surface area contributed by atoms with Crippen molar-refractivity contribution in [3.8, 4) is 5.75 Å². The molecular weight excluding hydrogens is 400 g/mol. The monoisotopic (exact) mass is 424 g/mol. The summed E-state index contributed by atoms with van der Waals surface area (Å²) in [4.78, 5) is 53.9. The number of ether oxygens (including phenoxy) is 2. The van der Waals surface area contributed by atoms with E-state index in [-0.39, 0.29) is 18.7 Å². The minimum absolute atomic E-state index is 0.0628. The molecule has 0 N–H and O–H groups in total. The van der Waals surface area contributed by atoms with Crippen molar-refractivity contribution in [3.63, 3.8) is 0 Å². The Hall–Kier alpha value is -3.42. The fourth-order valence-corrected chi connectivity index (χ4v) is 4.47. The number of methoxy groups -OCH3 is 1. The van der Waals surface area contributed by atoms with Gasteiger partial charge >= 0.3 is 6.09 Å². The first-order chi connectivity index (χ1) is 14.6. The summed E-state index contributed by atoms with van der Waals surface area (Å²) in [5.41, 5.74) is -2.90. The lowest BCUT2D eigenvalue weighted by Crippen LogP contribution is -2.79. The Balaban J connectivity index is 1.74. The van der Waals surface area contributed by atoms with Crippen LogP contribution < -0.4 is 9.64 Å². The Kier molecular flexibility index (Phi) is 4.57. The lowest BCUT2D eigenvalue weighted by Gasteiger charge is -2.60. The molecule has 8 heteroatoms. The summed E-state index contributed by atoms with van der Waals surface area (Å²) in [5.74, 6) is -0.639. The van der Waals surface area contributed by atoms with Crippen LogP contribution in [0.2, 0.25) is 0 Å². The molecule has 8 nitrogen and oxygen atoms in total. The molecule has 1 aliphatic carbocycles. The van der Waals surface area contributed by atoms with Crippen LogP contribution in [0.1, 0.15) is 27.2 Å². The van der Waals surface area contributed by atoms with Gasteiger partial charge in [-0.3, -0.25) is 19.3 Å². The summed E-state index contributed by atoms with van der Waals surface area (Å²) in [6.07, 6.45) is 5.23. The molecule has 0 saturated carbocycles. The highest BCUT2D eigenvalue weighted by molar-refractivity contribution is 6.25. The number of anilines is 1. The van der Waals surface area contributed by atoms with Crippen molar-refractivity contribution >= 4 is 29.4 Å². The second-order valence-electron chi connectivity index (χ2n) is 8.83. The second kappa shape index (κ2) is 6.80. The van der Waals surface area contributed by atoms with Crippen LogP contribution in [-0.4, -0.2) is 53.4 Å². The van der Waals surface area contributed by atoms with Gasteiger partial charge in [0, 0.05) is 12.2 Å². The zero-order valence-electron chi connectivity index (χ0n) is 17.9. The molecule has 2 aliphatic heterocycles. The first-order valence-corrected chi connectivity index (χ1v) is 10.0. The number of ketones is 1. The molecule has 2 spiro atoms. The van der Waals surface area contributed by atoms with Crippen molar-refractivity contribution in [2.75, 3.05) is 18.6 Å². The maximum Gasteiger partial charge on any atom is 0.417 e. The lowest BCUT2D eigenvalue weighted by atomic mass is 9.57. The Labute approximate surface area is 180 Å². The molecule has 2 heterocycles. The van der Waals surface area contributed by atoms with Crippen LogP contribution in [0, 0.1) is 5.41 Å². The van der Waals surface area contributed by atoms with Gasteiger partial charge in [-0.2, -0.15) is 0 Å². The maximum atomic E-state index is 13.5. The number of nitrogens with zero attached hydrogens (tertiary/aromatic N) is 2. The van der Waals surface area contributed by atoms with Crippen molar-refractivity contribution in [3.05, 3.63) is 48.6 Å². The van der Waals surface area contributed by atoms with Gasteiger partial charge in [0.05, 0.1) is 7.11 Å². The fraction of sp³-hybridized carbons (Fsp3) is 0.391. The number of allylic oxidation sites excluding steroid dienone is 2. The van der Waals surface area contributed by atoms with Crippen molar-refractivity contribution in [1.82, 2.24) is 4.90 Å². The van der Waals surface area contributed by atoms with E-state index in [0.29, 0.717) is 11.4 Å². The molecule has 1 aromatic rings. The average Bonchev–Trinajstić information content (AvgIpc) is 3.08. The summed E-state index contributed by atoms with van der Waals surface area (Å²) in [6.45, 7) is 5.19. The van der Waals surface area contributed by atoms with E-state index in [4.69, 9.17) is 9.47 Å². The van der Waals surface area contributed by atoms with Gasteiger partial charge in [0.2, 0.25) is 5.91 Å². The molecule has 2 saturated heterocycles. The topological polar surface area (TPSA) is 93.2 Å². The van der Waals surface area contributed by atoms with Crippen LogP contribution in [0.25, 0.3) is 0 Å². The quantitative estimate of drug-likeness (QED) is 0.535. The fourth-order valence-electron chi connectivity index (χ4n) is 4.47. The summed E-state index contributed by atoms with van der Waals surface area (Å²) >= 11 is 0. The van der Waals surface area contributed by atoms with E-state index in [1.54, 1.807) is 64.3 Å². The minimum Gasteiger partial charge on any atom is -0.497 e. The van der Waals surface area contributed by atoms with E-state index >= 15 is 0 Å². The average molecular weight is 424 g/mol. The first-order valence-electron chi connectivity index (χ1n) is 10.0. The molecule has 0 aromatic heterocycles. The molecule has 1 aromatic carbocycles. The highest BCUT2D eigenvalue weighted by Gasteiger charge is 2.76. The summed E-state index contributed by atoms with van der Waals surface area (Å²) in [6, 6.07) is 6.86. The van der Waals surface area contributed by atoms with E-state index in [1.807, 2.05) is 0 Å². The summed E-state index contributed by atoms with van der Waals surface area (Å²) < 4.78 is 10.5. The van der Waals surface area contributed by atoms with Crippen LogP contribution in [-0.2, 0) is 19.1 Å². The van der Waals surface area contributed by atoms with E-state index in [9.17, 15) is 19.2 Å². The minimum atomic E-state index is -1.50. The van der Waals surface area contributed by atoms with E-state index in [0.717, 1.165) is 4.90 Å². The second-order valence-corrected chi connectivity index (χ2v) is 8.83. The van der Waals surface area contributed by atoms with Crippen molar-refractivity contribution in [2.24, 2.45) is 5.41 Å². The maximum absolute atomic E-state index is 13.5. The molecule has 4 rings (SSSR count). The molecule has 31 heavy (non-hydrogen) atoms. The number of carbonyl (C=O) groups excluding carboxylic acids is 4. The zero-order valence-corrected chi connectivity index (χ0v) is 17.9. The Bertz CT molecular complexity index is 1020. The number of β-lactam (4-membered cyclic amide) rings is 1. The lowest BCUT2D eigenvalue weighted by molar-refractivity contribution is -0.154. The van der Waals surface area contributed by atoms with E-state index in [1.165, 1.54) is 17.1 Å². The van der Waals surface area contributed by atoms with Gasteiger partial charge in [0.15, 0.2) is 11.2 Å². The molecule has 3 amide bonds. The molecule has 162 valence electrons. The highest BCUT2D eigenvalue weighted by Crippen LogP contribution is 2.58. The SMILES string of the molecule is COc1ccc(N2C(=O)[C@@]3(CCN(C(=O)OC(C)(C)C)C3=O)C23C=CC(=O)C=C3)cc1. The smallest absolute Gasteiger partial charge is 0.417 e. The predicted octanol–water partition coefficient (Wildman–Crippen LogP) is 2.63. The van der Waals surface area contributed by atoms with Crippen LogP contribution in [0.15, 0.2) is 48.6 Å². The molecule has 2 fully saturated rings. The number of amides is 3. The third kappa shape index (κ3) is 2.89.